The lowest BCUT2D eigenvalue weighted by Crippen LogP contribution is -2.21. The molecule has 0 aliphatic heterocycles. The molecule has 7 aromatic rings. The van der Waals surface area contributed by atoms with Crippen molar-refractivity contribution in [1.29, 1.82) is 0 Å². The fraction of sp³-hybridized carbons (Fsp3) is 0.0513. The fourth-order valence-corrected chi connectivity index (χ4v) is 7.23. The van der Waals surface area contributed by atoms with Gasteiger partial charge in [0.25, 0.3) is 5.91 Å². The number of phenolic OH excluding ortho intramolecular Hbond substituents is 1. The molecule has 6 aromatic carbocycles. The Morgan fingerprint density at radius 3 is 2.22 bits per heavy atom. The van der Waals surface area contributed by atoms with E-state index in [1.165, 1.54) is 0 Å². The summed E-state index contributed by atoms with van der Waals surface area (Å²) < 4.78 is 5.69. The molecule has 0 bridgehead atoms. The Morgan fingerprint density at radius 1 is 0.816 bits per heavy atom. The lowest BCUT2D eigenvalue weighted by Gasteiger charge is -2.21. The molecule has 0 radical (unpaired) electrons. The highest BCUT2D eigenvalue weighted by molar-refractivity contribution is 9.10. The van der Waals surface area contributed by atoms with E-state index in [1.54, 1.807) is 74.7 Å². The molecule has 0 saturated heterocycles. The highest BCUT2D eigenvalue weighted by Crippen LogP contribution is 2.46. The van der Waals surface area contributed by atoms with Crippen LogP contribution >= 0.6 is 15.9 Å². The number of azo groups is 1. The number of hydrogen-bond acceptors (Lipinski definition) is 7. The number of nitrogens with one attached hydrogen (secondary N) is 2. The summed E-state index contributed by atoms with van der Waals surface area (Å²) in [6.07, 6.45) is 0. The van der Waals surface area contributed by atoms with Crippen molar-refractivity contribution in [2.75, 3.05) is 12.4 Å². The van der Waals surface area contributed by atoms with Gasteiger partial charge < -0.3 is 20.1 Å². The number of H-pyrrole nitrogens is 1. The number of para-hydroxylation sites is 1. The average Bonchev–Trinajstić information content (AvgIpc) is 3.49. The third kappa shape index (κ3) is 4.79. The number of aromatic amines is 1. The zero-order chi connectivity index (χ0) is 34.0. The van der Waals surface area contributed by atoms with Crippen molar-refractivity contribution in [1.82, 2.24) is 4.98 Å². The van der Waals surface area contributed by atoms with E-state index in [-0.39, 0.29) is 45.2 Å². The van der Waals surface area contributed by atoms with Crippen molar-refractivity contribution in [2.45, 2.75) is 6.92 Å². The van der Waals surface area contributed by atoms with Gasteiger partial charge in [0.2, 0.25) is 0 Å². The van der Waals surface area contributed by atoms with E-state index >= 15 is 0 Å². The van der Waals surface area contributed by atoms with Crippen molar-refractivity contribution in [3.8, 4) is 11.5 Å². The summed E-state index contributed by atoms with van der Waals surface area (Å²) in [5, 5.41) is 26.9. The molecule has 1 heterocycles. The van der Waals surface area contributed by atoms with Crippen LogP contribution in [-0.4, -0.2) is 34.7 Å². The van der Waals surface area contributed by atoms with Gasteiger partial charge in [-0.1, -0.05) is 54.6 Å². The Bertz CT molecular complexity index is 2610. The highest BCUT2D eigenvalue weighted by atomic mass is 79.9. The molecular weight excluding hydrogens is 684 g/mol. The van der Waals surface area contributed by atoms with Crippen molar-refractivity contribution in [3.05, 3.63) is 135 Å². The fourth-order valence-electron chi connectivity index (χ4n) is 6.51. The van der Waals surface area contributed by atoms with E-state index in [0.29, 0.717) is 43.3 Å². The van der Waals surface area contributed by atoms with Gasteiger partial charge in [0.05, 0.1) is 29.3 Å². The number of hydrogen-bond donors (Lipinski definition) is 3. The Morgan fingerprint density at radius 2 is 1.49 bits per heavy atom. The van der Waals surface area contributed by atoms with Gasteiger partial charge in [0, 0.05) is 43.0 Å². The number of carbonyl (C=O) groups is 3. The van der Waals surface area contributed by atoms with E-state index in [1.807, 2.05) is 36.4 Å². The summed E-state index contributed by atoms with van der Waals surface area (Å²) in [6.45, 7) is 1.77. The third-order valence-corrected chi connectivity index (χ3v) is 9.51. The monoisotopic (exact) mass is 708 g/mol. The standard InChI is InChI=1S/C39H25BrN4O5/c1-19-17-28(40)31-32(37(46)26-9-4-3-8-25(26)36(31)45)33(19)43-44-35-30-20(11-16-24-23-7-5-6-10-29(23)42-34(24)30)18-27(38(35)47)39(48)41-21-12-14-22(49-2)15-13-21/h3-18,42,47H,1-2H3,(H,41,48). The topological polar surface area (TPSA) is 133 Å². The van der Waals surface area contributed by atoms with Crippen LogP contribution in [0.25, 0.3) is 32.6 Å². The van der Waals surface area contributed by atoms with E-state index in [0.717, 1.165) is 16.3 Å². The number of rotatable bonds is 5. The average molecular weight is 710 g/mol. The Labute approximate surface area is 287 Å². The maximum absolute atomic E-state index is 13.9. The summed E-state index contributed by atoms with van der Waals surface area (Å²) in [7, 11) is 1.55. The van der Waals surface area contributed by atoms with Crippen LogP contribution in [0.3, 0.4) is 0 Å². The number of ether oxygens (including phenoxy) is 1. The smallest absolute Gasteiger partial charge is 0.259 e. The van der Waals surface area contributed by atoms with Crippen LogP contribution in [0.1, 0.15) is 47.8 Å². The van der Waals surface area contributed by atoms with Gasteiger partial charge >= 0.3 is 0 Å². The zero-order valence-electron chi connectivity index (χ0n) is 26.1. The number of aromatic nitrogens is 1. The van der Waals surface area contributed by atoms with E-state index in [9.17, 15) is 19.5 Å². The minimum Gasteiger partial charge on any atom is -0.505 e. The van der Waals surface area contributed by atoms with Crippen molar-refractivity contribution in [2.24, 2.45) is 10.2 Å². The summed E-state index contributed by atoms with van der Waals surface area (Å²) in [4.78, 5) is 44.7. The zero-order valence-corrected chi connectivity index (χ0v) is 27.7. The largest absolute Gasteiger partial charge is 0.505 e. The summed E-state index contributed by atoms with van der Waals surface area (Å²) in [5.41, 5.74) is 3.76. The molecule has 3 N–H and O–H groups in total. The van der Waals surface area contributed by atoms with Crippen LogP contribution in [-0.2, 0) is 0 Å². The number of nitrogens with zero attached hydrogens (tertiary/aromatic N) is 2. The van der Waals surface area contributed by atoms with Gasteiger partial charge in [-0.25, -0.2) is 0 Å². The molecule has 1 amide bonds. The number of amides is 1. The number of aromatic hydroxyl groups is 1. The summed E-state index contributed by atoms with van der Waals surface area (Å²) >= 11 is 3.49. The van der Waals surface area contributed by atoms with Crippen molar-refractivity contribution in [3.63, 3.8) is 0 Å². The molecule has 1 aromatic heterocycles. The maximum atomic E-state index is 13.9. The molecule has 1 aliphatic rings. The number of halogens is 1. The molecule has 9 nitrogen and oxygen atoms in total. The van der Waals surface area contributed by atoms with Crippen LogP contribution < -0.4 is 10.1 Å². The lowest BCUT2D eigenvalue weighted by atomic mass is 9.82. The molecule has 1 aliphatic carbocycles. The van der Waals surface area contributed by atoms with Crippen LogP contribution in [0.5, 0.6) is 11.5 Å². The normalized spacial score (nSPS) is 12.6. The second kappa shape index (κ2) is 11.5. The molecule has 0 saturated carbocycles. The number of fused-ring (bicyclic) bond motifs is 7. The van der Waals surface area contributed by atoms with Crippen molar-refractivity contribution >= 4 is 83.0 Å². The quantitative estimate of drug-likeness (QED) is 0.153. The number of aryl methyl sites for hydroxylation is 1. The van der Waals surface area contributed by atoms with Gasteiger partial charge in [-0.05, 0) is 76.3 Å². The first-order chi connectivity index (χ1) is 23.7. The molecular formula is C39H25BrN4O5. The number of anilines is 1. The third-order valence-electron chi connectivity index (χ3n) is 8.89. The van der Waals surface area contributed by atoms with Crippen LogP contribution in [0, 0.1) is 6.92 Å². The molecule has 0 unspecified atom stereocenters. The van der Waals surface area contributed by atoms with Gasteiger partial charge in [0.1, 0.15) is 17.1 Å². The lowest BCUT2D eigenvalue weighted by molar-refractivity contribution is 0.0979. The Balaban J connectivity index is 1.35. The molecule has 0 atom stereocenters. The van der Waals surface area contributed by atoms with Crippen molar-refractivity contribution < 1.29 is 24.2 Å². The summed E-state index contributed by atoms with van der Waals surface area (Å²) in [6, 6.07) is 28.5. The van der Waals surface area contributed by atoms with Gasteiger partial charge in [-0.2, -0.15) is 0 Å². The van der Waals surface area contributed by atoms with Gasteiger partial charge in [0.15, 0.2) is 17.3 Å². The first-order valence-corrected chi connectivity index (χ1v) is 16.1. The molecule has 49 heavy (non-hydrogen) atoms. The number of methoxy groups -OCH3 is 1. The Hall–Kier alpha value is -6.13. The molecule has 238 valence electrons. The van der Waals surface area contributed by atoms with E-state index in [2.05, 4.69) is 36.5 Å². The molecule has 0 spiro atoms. The second-order valence-electron chi connectivity index (χ2n) is 11.7. The second-order valence-corrected chi connectivity index (χ2v) is 12.6. The first kappa shape index (κ1) is 30.2. The number of ketones is 2. The molecule has 0 fully saturated rings. The van der Waals surface area contributed by atoms with Gasteiger partial charge in [-0.15, -0.1) is 10.2 Å². The predicted molar refractivity (Wildman–Crippen MR) is 192 cm³/mol. The Kier molecular flexibility index (Phi) is 7.11. The van der Waals surface area contributed by atoms with Crippen LogP contribution in [0.2, 0.25) is 0 Å². The minimum atomic E-state index is -0.563. The SMILES string of the molecule is COc1ccc(NC(=O)c2cc3ccc4c5ccccc5[nH]c4c3c(N=Nc3c(C)cc(Br)c4c3C(=O)c3ccccc3C4=O)c2O)cc1. The minimum absolute atomic E-state index is 0.0255. The molecule has 10 heteroatoms. The first-order valence-electron chi connectivity index (χ1n) is 15.3. The highest BCUT2D eigenvalue weighted by Gasteiger charge is 2.34. The van der Waals surface area contributed by atoms with Gasteiger partial charge in [-0.3, -0.25) is 14.4 Å². The number of phenols is 1. The molecule has 8 rings (SSSR count). The van der Waals surface area contributed by atoms with Crippen LogP contribution in [0.4, 0.5) is 17.1 Å². The maximum Gasteiger partial charge on any atom is 0.259 e. The number of benzene rings is 6. The van der Waals surface area contributed by atoms with E-state index < -0.39 is 11.7 Å². The van der Waals surface area contributed by atoms with Crippen LogP contribution in [0.15, 0.2) is 112 Å². The predicted octanol–water partition coefficient (Wildman–Crippen LogP) is 9.70. The summed E-state index contributed by atoms with van der Waals surface area (Å²) in [5.74, 6) is -0.995. The van der Waals surface area contributed by atoms with E-state index in [4.69, 9.17) is 4.74 Å². The number of carbonyl (C=O) groups excluding carboxylic acids is 3.